The van der Waals surface area contributed by atoms with E-state index in [0.29, 0.717) is 17.8 Å². The van der Waals surface area contributed by atoms with Crippen molar-refractivity contribution in [1.82, 2.24) is 24.8 Å². The summed E-state index contributed by atoms with van der Waals surface area (Å²) in [5.41, 5.74) is 0.981. The molecule has 0 radical (unpaired) electrons. The Bertz CT molecular complexity index is 658. The molecule has 0 spiro atoms. The molecule has 0 bridgehead atoms. The Morgan fingerprint density at radius 2 is 2.33 bits per heavy atom. The van der Waals surface area contributed by atoms with E-state index in [-0.39, 0.29) is 6.03 Å². The van der Waals surface area contributed by atoms with Gasteiger partial charge in [0.1, 0.15) is 12.1 Å². The maximum atomic E-state index is 12.3. The summed E-state index contributed by atoms with van der Waals surface area (Å²) in [6.07, 6.45) is 12.6. The van der Waals surface area contributed by atoms with Crippen molar-refractivity contribution in [3.05, 3.63) is 42.6 Å². The number of hydrogen-bond acceptors (Lipinski definition) is 4. The van der Waals surface area contributed by atoms with E-state index in [0.717, 1.165) is 24.2 Å². The smallest absolute Gasteiger partial charge is 0.317 e. The van der Waals surface area contributed by atoms with Gasteiger partial charge in [-0.25, -0.2) is 14.8 Å². The van der Waals surface area contributed by atoms with Crippen LogP contribution >= 0.6 is 11.8 Å². The van der Waals surface area contributed by atoms with Gasteiger partial charge in [0.25, 0.3) is 0 Å². The first-order valence-corrected chi connectivity index (χ1v) is 9.43. The first kappa shape index (κ1) is 16.8. The van der Waals surface area contributed by atoms with Gasteiger partial charge >= 0.3 is 6.03 Å². The van der Waals surface area contributed by atoms with Crippen molar-refractivity contribution in [1.29, 1.82) is 0 Å². The molecule has 24 heavy (non-hydrogen) atoms. The third kappa shape index (κ3) is 3.90. The molecule has 1 N–H and O–H groups in total. The molecule has 1 aliphatic rings. The quantitative estimate of drug-likeness (QED) is 0.905. The number of nitrogens with one attached hydrogen (secondary N) is 1. The Labute approximate surface area is 146 Å². The molecular formula is C17H23N5OS. The number of nitrogens with zero attached hydrogens (tertiary/aromatic N) is 4. The van der Waals surface area contributed by atoms with Gasteiger partial charge in [-0.15, -0.1) is 0 Å². The molecule has 2 aromatic rings. The molecule has 3 rings (SSSR count). The summed E-state index contributed by atoms with van der Waals surface area (Å²) < 4.78 is 1.85. The number of urea groups is 1. The SMILES string of the molecule is CS[C@@H]1CC[C@@H](N(C)C(=O)NCc2ccc(-n3ccnc3)nc2)C1. The van der Waals surface area contributed by atoms with Gasteiger partial charge in [-0.1, -0.05) is 6.07 Å². The van der Waals surface area contributed by atoms with E-state index >= 15 is 0 Å². The van der Waals surface area contributed by atoms with Crippen LogP contribution in [0.15, 0.2) is 37.1 Å². The van der Waals surface area contributed by atoms with Crippen LogP contribution < -0.4 is 5.32 Å². The van der Waals surface area contributed by atoms with E-state index in [2.05, 4.69) is 21.5 Å². The molecule has 2 amide bonds. The molecule has 1 saturated carbocycles. The third-order valence-corrected chi connectivity index (χ3v) is 5.67. The topological polar surface area (TPSA) is 63.1 Å². The zero-order chi connectivity index (χ0) is 16.9. The second-order valence-electron chi connectivity index (χ2n) is 6.09. The Kier molecular flexibility index (Phi) is 5.40. The van der Waals surface area contributed by atoms with Crippen molar-refractivity contribution in [3.63, 3.8) is 0 Å². The zero-order valence-electron chi connectivity index (χ0n) is 14.1. The average molecular weight is 345 g/mol. The molecule has 2 heterocycles. The number of carbonyl (C=O) groups excluding carboxylic acids is 1. The van der Waals surface area contributed by atoms with Crippen molar-refractivity contribution in [3.8, 4) is 5.82 Å². The Morgan fingerprint density at radius 1 is 1.46 bits per heavy atom. The lowest BCUT2D eigenvalue weighted by molar-refractivity contribution is 0.190. The van der Waals surface area contributed by atoms with Gasteiger partial charge in [-0.05, 0) is 37.1 Å². The van der Waals surface area contributed by atoms with Gasteiger partial charge in [0.2, 0.25) is 0 Å². The van der Waals surface area contributed by atoms with Crippen LogP contribution in [0, 0.1) is 0 Å². The summed E-state index contributed by atoms with van der Waals surface area (Å²) >= 11 is 1.90. The van der Waals surface area contributed by atoms with E-state index in [1.807, 2.05) is 46.6 Å². The highest BCUT2D eigenvalue weighted by molar-refractivity contribution is 7.99. The number of aromatic nitrogens is 3. The Hall–Kier alpha value is -2.02. The molecule has 2 aromatic heterocycles. The van der Waals surface area contributed by atoms with E-state index in [1.165, 1.54) is 6.42 Å². The van der Waals surface area contributed by atoms with Crippen molar-refractivity contribution >= 4 is 17.8 Å². The minimum absolute atomic E-state index is 0.0135. The van der Waals surface area contributed by atoms with Crippen LogP contribution in [0.5, 0.6) is 0 Å². The minimum Gasteiger partial charge on any atom is -0.334 e. The summed E-state index contributed by atoms with van der Waals surface area (Å²) in [6, 6.07) is 4.24. The molecule has 6 nitrogen and oxygen atoms in total. The van der Waals surface area contributed by atoms with Gasteiger partial charge in [0.05, 0.1) is 0 Å². The highest BCUT2D eigenvalue weighted by atomic mass is 32.2. The van der Waals surface area contributed by atoms with Crippen LogP contribution in [0.3, 0.4) is 0 Å². The average Bonchev–Trinajstić information content (AvgIpc) is 3.30. The standard InChI is InChI=1S/C17H23N5OS/c1-21(14-4-5-15(9-14)24-2)17(23)20-11-13-3-6-16(19-10-13)22-8-7-18-12-22/h3,6-8,10,12,14-15H,4-5,9,11H2,1-2H3,(H,20,23)/t14-,15-/m1/s1. The molecule has 7 heteroatoms. The normalized spacial score (nSPS) is 20.1. The summed E-state index contributed by atoms with van der Waals surface area (Å²) in [6.45, 7) is 0.485. The van der Waals surface area contributed by atoms with Crippen LogP contribution in [-0.4, -0.2) is 50.1 Å². The monoisotopic (exact) mass is 345 g/mol. The number of imidazole rings is 1. The highest BCUT2D eigenvalue weighted by Gasteiger charge is 2.29. The molecule has 0 saturated heterocycles. The van der Waals surface area contributed by atoms with Gasteiger partial charge in [0.15, 0.2) is 0 Å². The van der Waals surface area contributed by atoms with E-state index in [1.54, 1.807) is 18.7 Å². The largest absolute Gasteiger partial charge is 0.334 e. The second kappa shape index (κ2) is 7.70. The third-order valence-electron chi connectivity index (χ3n) is 4.58. The number of hydrogen-bond donors (Lipinski definition) is 1. The molecule has 1 fully saturated rings. The summed E-state index contributed by atoms with van der Waals surface area (Å²) in [4.78, 5) is 22.6. The van der Waals surface area contributed by atoms with Gasteiger partial charge in [-0.2, -0.15) is 11.8 Å². The lowest BCUT2D eigenvalue weighted by Crippen LogP contribution is -2.42. The fourth-order valence-corrected chi connectivity index (χ4v) is 3.81. The van der Waals surface area contributed by atoms with Crippen LogP contribution in [0.4, 0.5) is 4.79 Å². The maximum absolute atomic E-state index is 12.3. The first-order valence-electron chi connectivity index (χ1n) is 8.14. The molecular weight excluding hydrogens is 322 g/mol. The molecule has 0 unspecified atom stereocenters. The van der Waals surface area contributed by atoms with Crippen LogP contribution in [0.2, 0.25) is 0 Å². The van der Waals surface area contributed by atoms with Crippen LogP contribution in [0.1, 0.15) is 24.8 Å². The van der Waals surface area contributed by atoms with E-state index in [9.17, 15) is 4.79 Å². The number of pyridine rings is 1. The van der Waals surface area contributed by atoms with Crippen molar-refractivity contribution in [2.24, 2.45) is 0 Å². The predicted molar refractivity (Wildman–Crippen MR) is 96.3 cm³/mol. The van der Waals surface area contributed by atoms with E-state index in [4.69, 9.17) is 0 Å². The first-order chi connectivity index (χ1) is 11.7. The minimum atomic E-state index is -0.0135. The van der Waals surface area contributed by atoms with Crippen molar-refractivity contribution in [2.75, 3.05) is 13.3 Å². The van der Waals surface area contributed by atoms with Gasteiger partial charge < -0.3 is 10.2 Å². The van der Waals surface area contributed by atoms with Crippen molar-refractivity contribution in [2.45, 2.75) is 37.1 Å². The Morgan fingerprint density at radius 3 is 2.96 bits per heavy atom. The van der Waals surface area contributed by atoms with Crippen LogP contribution in [-0.2, 0) is 6.54 Å². The number of carbonyl (C=O) groups is 1. The molecule has 0 aliphatic heterocycles. The molecule has 128 valence electrons. The highest BCUT2D eigenvalue weighted by Crippen LogP contribution is 2.30. The number of amides is 2. The summed E-state index contributed by atoms with van der Waals surface area (Å²) in [5, 5.41) is 3.67. The van der Waals surface area contributed by atoms with Gasteiger partial charge in [0, 0.05) is 43.5 Å². The van der Waals surface area contributed by atoms with E-state index < -0.39 is 0 Å². The number of rotatable bonds is 5. The second-order valence-corrected chi connectivity index (χ2v) is 7.23. The molecule has 1 aliphatic carbocycles. The maximum Gasteiger partial charge on any atom is 0.317 e. The molecule has 2 atom stereocenters. The fourth-order valence-electron chi connectivity index (χ4n) is 3.02. The summed E-state index contributed by atoms with van der Waals surface area (Å²) in [7, 11) is 1.89. The Balaban J connectivity index is 1.51. The van der Waals surface area contributed by atoms with Gasteiger partial charge in [-0.3, -0.25) is 4.57 Å². The lowest BCUT2D eigenvalue weighted by atomic mass is 10.2. The van der Waals surface area contributed by atoms with Crippen molar-refractivity contribution < 1.29 is 4.79 Å². The fraction of sp³-hybridized carbons (Fsp3) is 0.471. The number of thioether (sulfide) groups is 1. The molecule has 0 aromatic carbocycles. The predicted octanol–water partition coefficient (Wildman–Crippen LogP) is 2.69. The lowest BCUT2D eigenvalue weighted by Gasteiger charge is -2.25. The zero-order valence-corrected chi connectivity index (χ0v) is 14.9. The van der Waals surface area contributed by atoms with Crippen LogP contribution in [0.25, 0.3) is 5.82 Å². The summed E-state index contributed by atoms with van der Waals surface area (Å²) in [5.74, 6) is 0.814.